The number of nitrogens with zero attached hydrogens (tertiary/aromatic N) is 2. The van der Waals surface area contributed by atoms with Gasteiger partial charge in [-0.15, -0.1) is 0 Å². The summed E-state index contributed by atoms with van der Waals surface area (Å²) in [6.45, 7) is 1.95. The van der Waals surface area contributed by atoms with Crippen molar-refractivity contribution in [3.8, 4) is 0 Å². The average Bonchev–Trinajstić information content (AvgIpc) is 2.86. The fraction of sp³-hybridized carbons (Fsp3) is 0.333. The molecule has 2 rings (SSSR count). The molecule has 0 bridgehead atoms. The minimum absolute atomic E-state index is 0.249. The fourth-order valence-electron chi connectivity index (χ4n) is 2.18. The summed E-state index contributed by atoms with van der Waals surface area (Å²) < 4.78 is 20.2. The Balaban J connectivity index is 2.39. The van der Waals surface area contributed by atoms with Crippen LogP contribution in [0.15, 0.2) is 30.5 Å². The first kappa shape index (κ1) is 15.0. The van der Waals surface area contributed by atoms with Gasteiger partial charge in [-0.25, -0.2) is 9.18 Å². The standard InChI is InChI=1S/C15H18FN3O2/c1-4-12-10(9-19(2)18-12)14(15(20)21-3)17-13-8-6-5-7-11(13)16/h5-9,14,17H,4H2,1-3H3. The summed E-state index contributed by atoms with van der Waals surface area (Å²) in [5, 5.41) is 7.21. The van der Waals surface area contributed by atoms with Gasteiger partial charge in [0.25, 0.3) is 0 Å². The molecule has 0 saturated heterocycles. The molecule has 6 heteroatoms. The third kappa shape index (κ3) is 3.21. The second-order valence-electron chi connectivity index (χ2n) is 4.64. The molecule has 1 N–H and O–H groups in total. The number of carbonyl (C=O) groups is 1. The quantitative estimate of drug-likeness (QED) is 0.860. The topological polar surface area (TPSA) is 56.2 Å². The molecule has 0 aliphatic rings. The van der Waals surface area contributed by atoms with Crippen molar-refractivity contribution >= 4 is 11.7 Å². The predicted octanol–water partition coefficient (Wildman–Crippen LogP) is 2.45. The van der Waals surface area contributed by atoms with Gasteiger partial charge in [0, 0.05) is 18.8 Å². The molecule has 0 aliphatic heterocycles. The normalized spacial score (nSPS) is 12.0. The molecule has 112 valence electrons. The first-order valence-electron chi connectivity index (χ1n) is 6.68. The highest BCUT2D eigenvalue weighted by atomic mass is 19.1. The molecule has 5 nitrogen and oxygen atoms in total. The van der Waals surface area contributed by atoms with Crippen molar-refractivity contribution in [3.05, 3.63) is 47.5 Å². The molecule has 1 aromatic carbocycles. The lowest BCUT2D eigenvalue weighted by atomic mass is 10.1. The molecular weight excluding hydrogens is 273 g/mol. The fourth-order valence-corrected chi connectivity index (χ4v) is 2.18. The zero-order chi connectivity index (χ0) is 15.4. The molecule has 1 unspecified atom stereocenters. The summed E-state index contributed by atoms with van der Waals surface area (Å²) in [5.74, 6) is -0.908. The van der Waals surface area contributed by atoms with Gasteiger partial charge in [0.05, 0.1) is 18.5 Å². The van der Waals surface area contributed by atoms with Crippen LogP contribution in [0.2, 0.25) is 0 Å². The zero-order valence-electron chi connectivity index (χ0n) is 12.3. The van der Waals surface area contributed by atoms with E-state index in [-0.39, 0.29) is 5.69 Å². The smallest absolute Gasteiger partial charge is 0.333 e. The Morgan fingerprint density at radius 1 is 1.48 bits per heavy atom. The Labute approximate surface area is 122 Å². The number of aromatic nitrogens is 2. The van der Waals surface area contributed by atoms with E-state index in [2.05, 4.69) is 10.4 Å². The lowest BCUT2D eigenvalue weighted by molar-refractivity contribution is -0.141. The molecule has 0 radical (unpaired) electrons. The van der Waals surface area contributed by atoms with Gasteiger partial charge in [-0.3, -0.25) is 4.68 Å². The van der Waals surface area contributed by atoms with Crippen LogP contribution >= 0.6 is 0 Å². The van der Waals surface area contributed by atoms with Gasteiger partial charge >= 0.3 is 5.97 Å². The van der Waals surface area contributed by atoms with Gasteiger partial charge in [0.15, 0.2) is 6.04 Å². The molecule has 0 fully saturated rings. The number of benzene rings is 1. The average molecular weight is 291 g/mol. The van der Waals surface area contributed by atoms with Gasteiger partial charge in [0.2, 0.25) is 0 Å². The van der Waals surface area contributed by atoms with E-state index in [0.717, 1.165) is 5.69 Å². The van der Waals surface area contributed by atoms with Gasteiger partial charge in [-0.05, 0) is 18.6 Å². The lowest BCUT2D eigenvalue weighted by Crippen LogP contribution is -2.23. The van der Waals surface area contributed by atoms with Crippen LogP contribution in [-0.2, 0) is 23.0 Å². The maximum absolute atomic E-state index is 13.8. The Bertz CT molecular complexity index is 640. The van der Waals surface area contributed by atoms with E-state index in [0.29, 0.717) is 12.0 Å². The van der Waals surface area contributed by atoms with Gasteiger partial charge in [-0.1, -0.05) is 19.1 Å². The molecule has 0 aliphatic carbocycles. The minimum Gasteiger partial charge on any atom is -0.467 e. The molecule has 1 aromatic heterocycles. The van der Waals surface area contributed by atoms with E-state index >= 15 is 0 Å². The maximum Gasteiger partial charge on any atom is 0.333 e. The van der Waals surface area contributed by atoms with Crippen molar-refractivity contribution in [3.63, 3.8) is 0 Å². The molecule has 1 heterocycles. The summed E-state index contributed by atoms with van der Waals surface area (Å²) in [6.07, 6.45) is 2.41. The number of methoxy groups -OCH3 is 1. The first-order chi connectivity index (χ1) is 10.1. The number of ether oxygens (including phenoxy) is 1. The summed E-state index contributed by atoms with van der Waals surface area (Å²) in [6, 6.07) is 5.41. The second kappa shape index (κ2) is 6.39. The highest BCUT2D eigenvalue weighted by molar-refractivity contribution is 5.81. The van der Waals surface area contributed by atoms with E-state index in [1.807, 2.05) is 6.92 Å². The highest BCUT2D eigenvalue weighted by Crippen LogP contribution is 2.25. The largest absolute Gasteiger partial charge is 0.467 e. The predicted molar refractivity (Wildman–Crippen MR) is 77.4 cm³/mol. The Kier molecular flexibility index (Phi) is 4.57. The third-order valence-corrected chi connectivity index (χ3v) is 3.19. The second-order valence-corrected chi connectivity index (χ2v) is 4.64. The number of para-hydroxylation sites is 1. The van der Waals surface area contributed by atoms with Crippen LogP contribution in [-0.4, -0.2) is 22.9 Å². The SMILES string of the molecule is CCc1nn(C)cc1C(Nc1ccccc1F)C(=O)OC. The van der Waals surface area contributed by atoms with Crippen molar-refractivity contribution < 1.29 is 13.9 Å². The number of aryl methyl sites for hydroxylation is 2. The van der Waals surface area contributed by atoms with Crippen molar-refractivity contribution in [2.24, 2.45) is 7.05 Å². The minimum atomic E-state index is -0.796. The number of esters is 1. The van der Waals surface area contributed by atoms with Crippen LogP contribution in [0.4, 0.5) is 10.1 Å². The van der Waals surface area contributed by atoms with Crippen LogP contribution in [0.25, 0.3) is 0 Å². The van der Waals surface area contributed by atoms with E-state index < -0.39 is 17.8 Å². The Morgan fingerprint density at radius 3 is 2.81 bits per heavy atom. The monoisotopic (exact) mass is 291 g/mol. The van der Waals surface area contributed by atoms with E-state index in [1.165, 1.54) is 13.2 Å². The van der Waals surface area contributed by atoms with Crippen LogP contribution in [0.1, 0.15) is 24.2 Å². The number of nitrogens with one attached hydrogen (secondary N) is 1. The summed E-state index contributed by atoms with van der Waals surface area (Å²) in [5.41, 5.74) is 1.71. The van der Waals surface area contributed by atoms with Crippen molar-refractivity contribution in [1.29, 1.82) is 0 Å². The molecule has 1 atom stereocenters. The third-order valence-electron chi connectivity index (χ3n) is 3.19. The van der Waals surface area contributed by atoms with Gasteiger partial charge in [-0.2, -0.15) is 5.10 Å². The molecule has 21 heavy (non-hydrogen) atoms. The van der Waals surface area contributed by atoms with E-state index in [4.69, 9.17) is 4.74 Å². The van der Waals surface area contributed by atoms with Crippen LogP contribution < -0.4 is 5.32 Å². The van der Waals surface area contributed by atoms with E-state index in [9.17, 15) is 9.18 Å². The van der Waals surface area contributed by atoms with Crippen LogP contribution in [0, 0.1) is 5.82 Å². The van der Waals surface area contributed by atoms with Crippen LogP contribution in [0.3, 0.4) is 0 Å². The molecule has 0 spiro atoms. The number of anilines is 1. The van der Waals surface area contributed by atoms with Gasteiger partial charge in [0.1, 0.15) is 5.82 Å². The summed E-state index contributed by atoms with van der Waals surface area (Å²) in [4.78, 5) is 12.1. The van der Waals surface area contributed by atoms with E-state index in [1.54, 1.807) is 36.1 Å². The molecule has 0 saturated carbocycles. The molecule has 0 amide bonds. The number of hydrogen-bond donors (Lipinski definition) is 1. The van der Waals surface area contributed by atoms with Crippen molar-refractivity contribution in [2.75, 3.05) is 12.4 Å². The van der Waals surface area contributed by atoms with Gasteiger partial charge < -0.3 is 10.1 Å². The molecule has 2 aromatic rings. The number of hydrogen-bond acceptors (Lipinski definition) is 4. The zero-order valence-corrected chi connectivity index (χ0v) is 12.3. The summed E-state index contributed by atoms with van der Waals surface area (Å²) >= 11 is 0. The summed E-state index contributed by atoms with van der Waals surface area (Å²) in [7, 11) is 3.08. The van der Waals surface area contributed by atoms with Crippen LogP contribution in [0.5, 0.6) is 0 Å². The van der Waals surface area contributed by atoms with Crippen molar-refractivity contribution in [2.45, 2.75) is 19.4 Å². The number of carbonyl (C=O) groups excluding carboxylic acids is 1. The number of rotatable bonds is 5. The molecular formula is C15H18FN3O2. The number of halogens is 1. The lowest BCUT2D eigenvalue weighted by Gasteiger charge is -2.18. The Morgan fingerprint density at radius 2 is 2.19 bits per heavy atom. The van der Waals surface area contributed by atoms with Crippen molar-refractivity contribution in [1.82, 2.24) is 9.78 Å². The maximum atomic E-state index is 13.8. The first-order valence-corrected chi connectivity index (χ1v) is 6.68. The Hall–Kier alpha value is -2.37. The highest BCUT2D eigenvalue weighted by Gasteiger charge is 2.26.